The summed E-state index contributed by atoms with van der Waals surface area (Å²) in [5, 5.41) is 0. The van der Waals surface area contributed by atoms with Crippen molar-refractivity contribution in [3.63, 3.8) is 0 Å². The fraction of sp³-hybridized carbons (Fsp3) is 0.120. The largest absolute Gasteiger partial charge is 0.369 e. The predicted octanol–water partition coefficient (Wildman–Crippen LogP) is 3.77. The Bertz CT molecular complexity index is 1440. The zero-order chi connectivity index (χ0) is 24.0. The van der Waals surface area contributed by atoms with Gasteiger partial charge in [-0.25, -0.2) is 13.8 Å². The highest BCUT2D eigenvalue weighted by molar-refractivity contribution is 6.16. The molecule has 1 saturated carbocycles. The normalized spacial score (nSPS) is 14.1. The van der Waals surface area contributed by atoms with Gasteiger partial charge in [0.2, 0.25) is 17.6 Å². The molecular weight excluding hydrogens is 442 g/mol. The summed E-state index contributed by atoms with van der Waals surface area (Å²) in [6, 6.07) is 14.1. The molecule has 4 aromatic rings. The van der Waals surface area contributed by atoms with Gasteiger partial charge in [0.15, 0.2) is 0 Å². The SMILES string of the molecule is NC(=O)C1(C(=O)N(c2ccc(F)cc2)c2ccc(C(=O)c3cnc4ccc(F)cn34)cc2)CC1. The molecule has 0 unspecified atom stereocenters. The third-order valence-electron chi connectivity index (χ3n) is 6.01. The van der Waals surface area contributed by atoms with Gasteiger partial charge in [-0.2, -0.15) is 0 Å². The minimum absolute atomic E-state index is 0.180. The molecule has 0 spiro atoms. The van der Waals surface area contributed by atoms with Crippen molar-refractivity contribution >= 4 is 34.6 Å². The Kier molecular flexibility index (Phi) is 4.97. The number of ketones is 1. The summed E-state index contributed by atoms with van der Waals surface area (Å²) in [6.07, 6.45) is 3.21. The number of anilines is 2. The van der Waals surface area contributed by atoms with Crippen LogP contribution in [0.25, 0.3) is 5.65 Å². The number of nitrogens with two attached hydrogens (primary N) is 1. The first kappa shape index (κ1) is 21.4. The lowest BCUT2D eigenvalue weighted by molar-refractivity contribution is -0.133. The Labute approximate surface area is 192 Å². The molecule has 9 heteroatoms. The van der Waals surface area contributed by atoms with Crippen LogP contribution in [0.2, 0.25) is 0 Å². The zero-order valence-corrected chi connectivity index (χ0v) is 17.7. The van der Waals surface area contributed by atoms with Crippen LogP contribution in [0.3, 0.4) is 0 Å². The summed E-state index contributed by atoms with van der Waals surface area (Å²) in [5.74, 6) is -2.59. The number of carbonyl (C=O) groups is 3. The van der Waals surface area contributed by atoms with Gasteiger partial charge in [0.05, 0.1) is 6.20 Å². The van der Waals surface area contributed by atoms with Crippen molar-refractivity contribution in [2.75, 3.05) is 4.90 Å². The van der Waals surface area contributed by atoms with Gasteiger partial charge in [0.25, 0.3) is 0 Å². The van der Waals surface area contributed by atoms with Crippen molar-refractivity contribution < 1.29 is 23.2 Å². The van der Waals surface area contributed by atoms with Gasteiger partial charge in [-0.1, -0.05) is 0 Å². The number of primary amides is 1. The van der Waals surface area contributed by atoms with Crippen molar-refractivity contribution in [1.82, 2.24) is 9.38 Å². The molecule has 1 aliphatic carbocycles. The van der Waals surface area contributed by atoms with Crippen LogP contribution in [0.15, 0.2) is 73.1 Å². The predicted molar refractivity (Wildman–Crippen MR) is 119 cm³/mol. The van der Waals surface area contributed by atoms with Crippen LogP contribution >= 0.6 is 0 Å². The Morgan fingerprint density at radius 3 is 2.06 bits per heavy atom. The number of rotatable bonds is 6. The molecule has 7 nitrogen and oxygen atoms in total. The monoisotopic (exact) mass is 460 g/mol. The summed E-state index contributed by atoms with van der Waals surface area (Å²) < 4.78 is 28.5. The van der Waals surface area contributed by atoms with E-state index in [1.807, 2.05) is 0 Å². The van der Waals surface area contributed by atoms with Gasteiger partial charge >= 0.3 is 0 Å². The van der Waals surface area contributed by atoms with E-state index in [-0.39, 0.29) is 17.0 Å². The number of aromatic nitrogens is 2. The van der Waals surface area contributed by atoms with Crippen molar-refractivity contribution in [3.05, 3.63) is 95.9 Å². The van der Waals surface area contributed by atoms with E-state index in [0.717, 1.165) is 0 Å². The number of carbonyl (C=O) groups excluding carboxylic acids is 3. The molecule has 1 aliphatic rings. The van der Waals surface area contributed by atoms with Gasteiger partial charge in [-0.05, 0) is 73.5 Å². The number of benzene rings is 2. The van der Waals surface area contributed by atoms with Crippen LogP contribution in [0.5, 0.6) is 0 Å². The lowest BCUT2D eigenvalue weighted by Crippen LogP contribution is -2.41. The smallest absolute Gasteiger partial charge is 0.247 e. The summed E-state index contributed by atoms with van der Waals surface area (Å²) in [7, 11) is 0. The number of amides is 2. The van der Waals surface area contributed by atoms with Gasteiger partial charge in [0, 0.05) is 23.1 Å². The van der Waals surface area contributed by atoms with E-state index in [0.29, 0.717) is 29.9 Å². The Morgan fingerprint density at radius 1 is 0.882 bits per heavy atom. The van der Waals surface area contributed by atoms with E-state index >= 15 is 0 Å². The maximum absolute atomic E-state index is 13.7. The molecule has 0 bridgehead atoms. The van der Waals surface area contributed by atoms with E-state index in [2.05, 4.69) is 4.98 Å². The fourth-order valence-corrected chi connectivity index (χ4v) is 3.91. The molecule has 2 aromatic carbocycles. The van der Waals surface area contributed by atoms with Crippen molar-refractivity contribution in [2.24, 2.45) is 11.1 Å². The maximum Gasteiger partial charge on any atom is 0.247 e. The maximum atomic E-state index is 13.7. The summed E-state index contributed by atoms with van der Waals surface area (Å²) in [6.45, 7) is 0. The first-order chi connectivity index (χ1) is 16.3. The Hall–Kier alpha value is -4.40. The number of imidazole rings is 1. The number of nitrogens with zero attached hydrogens (tertiary/aromatic N) is 3. The molecule has 170 valence electrons. The average molecular weight is 460 g/mol. The number of pyridine rings is 1. The van der Waals surface area contributed by atoms with E-state index in [1.165, 1.54) is 70.2 Å². The summed E-state index contributed by atoms with van der Waals surface area (Å²) >= 11 is 0. The van der Waals surface area contributed by atoms with Crippen LogP contribution in [-0.2, 0) is 9.59 Å². The molecule has 2 amide bonds. The standard InChI is InChI=1S/C25H18F2N4O3/c26-16-3-8-19(9-4-16)31(24(34)25(11-12-25)23(28)33)18-6-1-15(2-7-18)22(32)20-13-29-21-10-5-17(27)14-30(20)21/h1-10,13-14H,11-12H2,(H2,28,33). The van der Waals surface area contributed by atoms with Crippen LogP contribution in [0, 0.1) is 17.0 Å². The fourth-order valence-electron chi connectivity index (χ4n) is 3.91. The Balaban J connectivity index is 1.51. The molecule has 0 radical (unpaired) electrons. The molecule has 0 saturated heterocycles. The molecule has 5 rings (SSSR count). The van der Waals surface area contributed by atoms with E-state index in [9.17, 15) is 23.2 Å². The third-order valence-corrected chi connectivity index (χ3v) is 6.01. The molecule has 0 aliphatic heterocycles. The molecule has 0 atom stereocenters. The lowest BCUT2D eigenvalue weighted by atomic mass is 10.0. The van der Waals surface area contributed by atoms with Gasteiger partial charge in [-0.15, -0.1) is 0 Å². The zero-order valence-electron chi connectivity index (χ0n) is 17.7. The van der Waals surface area contributed by atoms with Gasteiger partial charge in [-0.3, -0.25) is 23.7 Å². The first-order valence-electron chi connectivity index (χ1n) is 10.5. The second-order valence-electron chi connectivity index (χ2n) is 8.16. The highest BCUT2D eigenvalue weighted by atomic mass is 19.1. The molecule has 2 N–H and O–H groups in total. The van der Waals surface area contributed by atoms with Crippen molar-refractivity contribution in [3.8, 4) is 0 Å². The number of hydrogen-bond acceptors (Lipinski definition) is 4. The van der Waals surface area contributed by atoms with Crippen LogP contribution in [0.1, 0.15) is 28.9 Å². The van der Waals surface area contributed by atoms with Gasteiger partial charge < -0.3 is 5.73 Å². The minimum atomic E-state index is -1.30. The molecule has 2 heterocycles. The Morgan fingerprint density at radius 2 is 1.47 bits per heavy atom. The summed E-state index contributed by atoms with van der Waals surface area (Å²) in [4.78, 5) is 43.8. The summed E-state index contributed by atoms with van der Waals surface area (Å²) in [5.41, 5.74) is 5.83. The quantitative estimate of drug-likeness (QED) is 0.350. The molecule has 34 heavy (non-hydrogen) atoms. The topological polar surface area (TPSA) is 97.8 Å². The van der Waals surface area contributed by atoms with Gasteiger partial charge in [0.1, 0.15) is 28.4 Å². The lowest BCUT2D eigenvalue weighted by Gasteiger charge is -2.26. The second kappa shape index (κ2) is 7.87. The number of fused-ring (bicyclic) bond motifs is 1. The van der Waals surface area contributed by atoms with E-state index in [1.54, 1.807) is 12.1 Å². The average Bonchev–Trinajstić information content (AvgIpc) is 3.55. The minimum Gasteiger partial charge on any atom is -0.369 e. The van der Waals surface area contributed by atoms with Crippen LogP contribution < -0.4 is 10.6 Å². The second-order valence-corrected chi connectivity index (χ2v) is 8.16. The molecular formula is C25H18F2N4O3. The van der Waals surface area contributed by atoms with Crippen molar-refractivity contribution in [1.29, 1.82) is 0 Å². The first-order valence-corrected chi connectivity index (χ1v) is 10.5. The van der Waals surface area contributed by atoms with E-state index in [4.69, 9.17) is 5.73 Å². The molecule has 1 fully saturated rings. The third kappa shape index (κ3) is 3.51. The van der Waals surface area contributed by atoms with Crippen LogP contribution in [0.4, 0.5) is 20.2 Å². The number of halogens is 2. The van der Waals surface area contributed by atoms with Crippen molar-refractivity contribution in [2.45, 2.75) is 12.8 Å². The number of hydrogen-bond donors (Lipinski definition) is 1. The highest BCUT2D eigenvalue weighted by Crippen LogP contribution is 2.49. The highest BCUT2D eigenvalue weighted by Gasteiger charge is 2.57. The van der Waals surface area contributed by atoms with E-state index < -0.39 is 28.9 Å². The molecule has 2 aromatic heterocycles. The van der Waals surface area contributed by atoms with Crippen LogP contribution in [-0.4, -0.2) is 27.0 Å².